The summed E-state index contributed by atoms with van der Waals surface area (Å²) >= 11 is 5.69. The Morgan fingerprint density at radius 2 is 2.21 bits per heavy atom. The van der Waals surface area contributed by atoms with Crippen molar-refractivity contribution >= 4 is 46.5 Å². The number of amidine groups is 1. The van der Waals surface area contributed by atoms with E-state index in [1.165, 1.54) is 12.1 Å². The van der Waals surface area contributed by atoms with E-state index in [9.17, 15) is 24.5 Å². The number of hydrazone groups is 1. The van der Waals surface area contributed by atoms with E-state index < -0.39 is 28.5 Å². The molecule has 0 aromatic heterocycles. The number of carbonyl (C=O) groups excluding carboxylic acids is 3. The first-order valence-electron chi connectivity index (χ1n) is 6.64. The van der Waals surface area contributed by atoms with Gasteiger partial charge in [0, 0.05) is 11.1 Å². The number of ether oxygens (including phenoxy) is 1. The largest absolute Gasteiger partial charge is 0.465 e. The number of amides is 1. The van der Waals surface area contributed by atoms with Gasteiger partial charge < -0.3 is 10.1 Å². The summed E-state index contributed by atoms with van der Waals surface area (Å²) in [6.45, 7) is 1.55. The Morgan fingerprint density at radius 1 is 1.50 bits per heavy atom. The predicted octanol–water partition coefficient (Wildman–Crippen LogP) is 0.852. The van der Waals surface area contributed by atoms with Gasteiger partial charge in [-0.05, 0) is 19.1 Å². The molecule has 10 nitrogen and oxygen atoms in total. The minimum atomic E-state index is -1.53. The molecule has 2 rings (SSSR count). The second kappa shape index (κ2) is 7.04. The number of hydrogen-bond donors (Lipinski definition) is 2. The number of halogens is 1. The van der Waals surface area contributed by atoms with Gasteiger partial charge in [0.25, 0.3) is 11.6 Å². The van der Waals surface area contributed by atoms with E-state index in [1.54, 1.807) is 6.92 Å². The number of nitro benzene ring substituents is 1. The molecule has 1 atom stereocenters. The average molecular weight is 355 g/mol. The number of Topliss-reactive ketones (excluding diaryl/α,β-unsaturated/α-hetero) is 1. The van der Waals surface area contributed by atoms with Gasteiger partial charge in [0.15, 0.2) is 11.8 Å². The topological polar surface area (TPSA) is 140 Å². The van der Waals surface area contributed by atoms with Crippen LogP contribution in [-0.2, 0) is 19.1 Å². The number of esters is 1. The summed E-state index contributed by atoms with van der Waals surface area (Å²) in [7, 11) is 0. The molecule has 1 aliphatic heterocycles. The zero-order valence-corrected chi connectivity index (χ0v) is 13.0. The normalized spacial score (nSPS) is 18.4. The highest BCUT2D eigenvalue weighted by Gasteiger charge is 2.44. The summed E-state index contributed by atoms with van der Waals surface area (Å²) in [5.74, 6) is -4.80. The molecule has 126 valence electrons. The molecule has 0 bridgehead atoms. The second-order valence-corrected chi connectivity index (χ2v) is 4.97. The van der Waals surface area contributed by atoms with Crippen LogP contribution in [0.4, 0.5) is 11.4 Å². The van der Waals surface area contributed by atoms with Crippen LogP contribution in [0.15, 0.2) is 23.3 Å². The Bertz CT molecular complexity index is 763. The lowest BCUT2D eigenvalue weighted by atomic mass is 10.1. The van der Waals surface area contributed by atoms with Crippen LogP contribution in [0.3, 0.4) is 0 Å². The molecule has 1 amide bonds. The molecule has 1 saturated heterocycles. The van der Waals surface area contributed by atoms with Crippen molar-refractivity contribution in [3.63, 3.8) is 0 Å². The van der Waals surface area contributed by atoms with Crippen molar-refractivity contribution in [2.45, 2.75) is 6.92 Å². The molecule has 0 spiro atoms. The third-order valence-corrected chi connectivity index (χ3v) is 3.21. The van der Waals surface area contributed by atoms with Crippen molar-refractivity contribution < 1.29 is 24.0 Å². The smallest absolute Gasteiger partial charge is 0.324 e. The van der Waals surface area contributed by atoms with E-state index in [2.05, 4.69) is 15.8 Å². The maximum absolute atomic E-state index is 11.8. The van der Waals surface area contributed by atoms with Crippen LogP contribution in [0.1, 0.15) is 6.92 Å². The quantitative estimate of drug-likeness (QED) is 0.262. The van der Waals surface area contributed by atoms with Gasteiger partial charge in [0.2, 0.25) is 5.78 Å². The minimum Gasteiger partial charge on any atom is -0.465 e. The van der Waals surface area contributed by atoms with E-state index in [1.807, 2.05) is 0 Å². The molecule has 1 heterocycles. The zero-order chi connectivity index (χ0) is 17.9. The first-order chi connectivity index (χ1) is 11.3. The number of benzene rings is 1. The average Bonchev–Trinajstić information content (AvgIpc) is 2.81. The fraction of sp³-hybridized carbons (Fsp3) is 0.231. The highest BCUT2D eigenvalue weighted by atomic mass is 35.5. The van der Waals surface area contributed by atoms with Crippen LogP contribution < -0.4 is 10.7 Å². The van der Waals surface area contributed by atoms with Crippen molar-refractivity contribution in [3.05, 3.63) is 33.3 Å². The number of ketones is 1. The predicted molar refractivity (Wildman–Crippen MR) is 82.4 cm³/mol. The third kappa shape index (κ3) is 3.49. The molecule has 0 saturated carbocycles. The van der Waals surface area contributed by atoms with Gasteiger partial charge in [-0.3, -0.25) is 29.9 Å². The minimum absolute atomic E-state index is 0.0141. The Hall–Kier alpha value is -3.01. The molecule has 0 radical (unpaired) electrons. The van der Waals surface area contributed by atoms with Gasteiger partial charge in [0.05, 0.1) is 11.5 Å². The number of nitrogens with one attached hydrogen (secondary N) is 2. The Morgan fingerprint density at radius 3 is 2.83 bits per heavy atom. The second-order valence-electron chi connectivity index (χ2n) is 4.53. The molecule has 11 heteroatoms. The Balaban J connectivity index is 2.30. The van der Waals surface area contributed by atoms with Crippen molar-refractivity contribution in [1.82, 2.24) is 5.32 Å². The maximum atomic E-state index is 11.8. The van der Waals surface area contributed by atoms with Crippen LogP contribution in [0, 0.1) is 16.0 Å². The fourth-order valence-electron chi connectivity index (χ4n) is 1.91. The van der Waals surface area contributed by atoms with E-state index in [4.69, 9.17) is 16.3 Å². The third-order valence-electron chi connectivity index (χ3n) is 2.98. The fourth-order valence-corrected chi connectivity index (χ4v) is 2.08. The summed E-state index contributed by atoms with van der Waals surface area (Å²) in [4.78, 5) is 45.2. The van der Waals surface area contributed by atoms with Crippen molar-refractivity contribution in [2.24, 2.45) is 11.0 Å². The first kappa shape index (κ1) is 17.3. The Labute approximate surface area is 139 Å². The molecule has 0 aliphatic carbocycles. The van der Waals surface area contributed by atoms with Crippen molar-refractivity contribution in [3.8, 4) is 0 Å². The van der Waals surface area contributed by atoms with Gasteiger partial charge in [-0.2, -0.15) is 5.10 Å². The molecular weight excluding hydrogens is 344 g/mol. The molecule has 2 N–H and O–H groups in total. The number of nitrogens with zero attached hydrogens (tertiary/aromatic N) is 2. The first-order valence-corrected chi connectivity index (χ1v) is 7.02. The number of nitro groups is 1. The van der Waals surface area contributed by atoms with Gasteiger partial charge in [-0.15, -0.1) is 0 Å². The van der Waals surface area contributed by atoms with Gasteiger partial charge >= 0.3 is 5.97 Å². The van der Waals surface area contributed by atoms with Crippen LogP contribution >= 0.6 is 11.6 Å². The van der Waals surface area contributed by atoms with Crippen LogP contribution in [0.25, 0.3) is 0 Å². The van der Waals surface area contributed by atoms with Crippen LogP contribution in [0.2, 0.25) is 5.02 Å². The number of carbonyl (C=O) groups is 3. The molecule has 1 fully saturated rings. The summed E-state index contributed by atoms with van der Waals surface area (Å²) in [5, 5.41) is 17.0. The summed E-state index contributed by atoms with van der Waals surface area (Å²) < 4.78 is 4.72. The van der Waals surface area contributed by atoms with Crippen LogP contribution in [0.5, 0.6) is 0 Å². The lowest BCUT2D eigenvalue weighted by Gasteiger charge is -2.08. The monoisotopic (exact) mass is 354 g/mol. The molecule has 0 unspecified atom stereocenters. The van der Waals surface area contributed by atoms with Gasteiger partial charge in [0.1, 0.15) is 5.69 Å². The molecule has 1 aromatic carbocycles. The van der Waals surface area contributed by atoms with E-state index >= 15 is 0 Å². The summed E-state index contributed by atoms with van der Waals surface area (Å²) in [5.41, 5.74) is 1.95. The molecule has 1 aliphatic rings. The zero-order valence-electron chi connectivity index (χ0n) is 12.2. The highest BCUT2D eigenvalue weighted by molar-refractivity contribution is 6.53. The number of anilines is 1. The summed E-state index contributed by atoms with van der Waals surface area (Å²) in [6, 6.07) is 3.78. The number of hydrogen-bond acceptors (Lipinski definition) is 8. The van der Waals surface area contributed by atoms with Crippen LogP contribution in [-0.4, -0.2) is 35.0 Å². The standard InChI is InChI=1S/C13H11ClN4O6/c1-2-24-13(21)9-10(19)12(20)15-11(9)17-16-7-4-3-6(14)5-8(7)18(22)23/h3-5,9,16H,2H2,1H3,(H,15,17,20)/t9-/m0/s1. The number of rotatable bonds is 5. The van der Waals surface area contributed by atoms with Crippen molar-refractivity contribution in [2.75, 3.05) is 12.0 Å². The lowest BCUT2D eigenvalue weighted by Crippen LogP contribution is -2.30. The van der Waals surface area contributed by atoms with Gasteiger partial charge in [-0.1, -0.05) is 11.6 Å². The molecule has 1 aromatic rings. The lowest BCUT2D eigenvalue weighted by molar-refractivity contribution is -0.383. The molecule has 24 heavy (non-hydrogen) atoms. The SMILES string of the molecule is CCOC(=O)[C@H]1C(=O)C(=O)N/C1=N\Nc1ccc(Cl)cc1[N+](=O)[O-]. The maximum Gasteiger partial charge on any atom is 0.324 e. The van der Waals surface area contributed by atoms with E-state index in [-0.39, 0.29) is 28.8 Å². The van der Waals surface area contributed by atoms with E-state index in [0.717, 1.165) is 6.07 Å². The van der Waals surface area contributed by atoms with E-state index in [0.29, 0.717) is 0 Å². The van der Waals surface area contributed by atoms with Crippen molar-refractivity contribution in [1.29, 1.82) is 0 Å². The molecular formula is C13H11ClN4O6. The Kier molecular flexibility index (Phi) is 5.09. The summed E-state index contributed by atoms with van der Waals surface area (Å²) in [6.07, 6.45) is 0. The highest BCUT2D eigenvalue weighted by Crippen LogP contribution is 2.28. The van der Waals surface area contributed by atoms with Gasteiger partial charge in [-0.25, -0.2) is 0 Å².